The molecule has 0 aliphatic rings. The molecule has 0 saturated heterocycles. The van der Waals surface area contributed by atoms with Gasteiger partial charge in [0.2, 0.25) is 0 Å². The van der Waals surface area contributed by atoms with Gasteiger partial charge in [-0.05, 0) is 50.3 Å². The minimum absolute atomic E-state index is 0.734. The van der Waals surface area contributed by atoms with E-state index in [9.17, 15) is 0 Å². The molecule has 1 aromatic rings. The summed E-state index contributed by atoms with van der Waals surface area (Å²) < 4.78 is 0. The molecule has 0 bridgehead atoms. The van der Waals surface area contributed by atoms with Gasteiger partial charge in [-0.1, -0.05) is 26.0 Å². The van der Waals surface area contributed by atoms with Gasteiger partial charge in [-0.3, -0.25) is 0 Å². The van der Waals surface area contributed by atoms with Crippen molar-refractivity contribution < 1.29 is 0 Å². The maximum Gasteiger partial charge on any atom is 0.0991 e. The number of hydrogen-bond donors (Lipinski definition) is 1. The lowest BCUT2D eigenvalue weighted by molar-refractivity contribution is 0.298. The summed E-state index contributed by atoms with van der Waals surface area (Å²) in [5.74, 6) is 0. The van der Waals surface area contributed by atoms with Gasteiger partial charge in [0.25, 0.3) is 0 Å². The monoisotopic (exact) mass is 245 g/mol. The van der Waals surface area contributed by atoms with Crippen molar-refractivity contribution in [3.63, 3.8) is 0 Å². The lowest BCUT2D eigenvalue weighted by Crippen LogP contribution is -2.27. The van der Waals surface area contributed by atoms with Gasteiger partial charge in [-0.25, -0.2) is 0 Å². The summed E-state index contributed by atoms with van der Waals surface area (Å²) in [6, 6.07) is 9.93. The molecule has 0 aromatic heterocycles. The van der Waals surface area contributed by atoms with Crippen LogP contribution < -0.4 is 5.32 Å². The molecule has 0 saturated carbocycles. The maximum atomic E-state index is 8.81. The number of rotatable bonds is 8. The van der Waals surface area contributed by atoms with E-state index in [2.05, 4.69) is 36.2 Å². The minimum Gasteiger partial charge on any atom is -0.313 e. The number of benzene rings is 1. The van der Waals surface area contributed by atoms with Gasteiger partial charge in [-0.15, -0.1) is 0 Å². The normalized spacial score (nSPS) is 10.6. The molecule has 0 amide bonds. The van der Waals surface area contributed by atoms with E-state index in [0.29, 0.717) is 0 Å². The number of hydrogen-bond acceptors (Lipinski definition) is 3. The van der Waals surface area contributed by atoms with Crippen molar-refractivity contribution >= 4 is 0 Å². The Morgan fingerprint density at radius 3 is 2.72 bits per heavy atom. The Kier molecular flexibility index (Phi) is 7.09. The summed E-state index contributed by atoms with van der Waals surface area (Å²) in [6.45, 7) is 9.66. The summed E-state index contributed by atoms with van der Waals surface area (Å²) in [5.41, 5.74) is 1.91. The van der Waals surface area contributed by atoms with Crippen LogP contribution in [0, 0.1) is 11.3 Å². The smallest absolute Gasteiger partial charge is 0.0991 e. The van der Waals surface area contributed by atoms with E-state index >= 15 is 0 Å². The Hall–Kier alpha value is -1.37. The van der Waals surface area contributed by atoms with Crippen LogP contribution in [0.5, 0.6) is 0 Å². The molecule has 0 radical (unpaired) electrons. The van der Waals surface area contributed by atoms with Crippen LogP contribution >= 0.6 is 0 Å². The molecule has 0 aliphatic heterocycles. The lowest BCUT2D eigenvalue weighted by atomic mass is 10.1. The van der Waals surface area contributed by atoms with Crippen molar-refractivity contribution in [3.05, 3.63) is 35.4 Å². The quantitative estimate of drug-likeness (QED) is 0.715. The molecule has 0 atom stereocenters. The molecule has 0 unspecified atom stereocenters. The first-order chi connectivity index (χ1) is 8.80. The van der Waals surface area contributed by atoms with Crippen molar-refractivity contribution in [3.8, 4) is 6.07 Å². The molecular formula is C15H23N3. The molecule has 0 fully saturated rings. The van der Waals surface area contributed by atoms with Gasteiger partial charge in [0, 0.05) is 6.54 Å². The van der Waals surface area contributed by atoms with Gasteiger partial charge in [0.15, 0.2) is 0 Å². The maximum absolute atomic E-state index is 8.81. The van der Waals surface area contributed by atoms with Crippen molar-refractivity contribution in [1.82, 2.24) is 10.2 Å². The first-order valence-electron chi connectivity index (χ1n) is 6.72. The number of nitrogens with zero attached hydrogens (tertiary/aromatic N) is 2. The first kappa shape index (κ1) is 14.7. The molecule has 3 nitrogen and oxygen atoms in total. The highest BCUT2D eigenvalue weighted by Crippen LogP contribution is 2.03. The van der Waals surface area contributed by atoms with E-state index in [1.165, 1.54) is 12.0 Å². The van der Waals surface area contributed by atoms with E-state index in [4.69, 9.17) is 5.26 Å². The second kappa shape index (κ2) is 8.68. The summed E-state index contributed by atoms with van der Waals surface area (Å²) >= 11 is 0. The van der Waals surface area contributed by atoms with E-state index in [1.54, 1.807) is 0 Å². The summed E-state index contributed by atoms with van der Waals surface area (Å²) in [4.78, 5) is 2.43. The van der Waals surface area contributed by atoms with Crippen LogP contribution in [0.2, 0.25) is 0 Å². The van der Waals surface area contributed by atoms with Gasteiger partial charge >= 0.3 is 0 Å². The standard InChI is InChI=1S/C15H23N3/c1-3-18(4-2)10-6-9-17-13-15-8-5-7-14(11-15)12-16/h5,7-8,11,17H,3-4,6,9-10,13H2,1-2H3. The summed E-state index contributed by atoms with van der Waals surface area (Å²) in [5, 5.41) is 12.2. The third-order valence-electron chi connectivity index (χ3n) is 3.11. The third-order valence-corrected chi connectivity index (χ3v) is 3.11. The summed E-state index contributed by atoms with van der Waals surface area (Å²) in [7, 11) is 0. The molecule has 0 aliphatic carbocycles. The molecule has 1 rings (SSSR count). The molecule has 3 heteroatoms. The van der Waals surface area contributed by atoms with Crippen molar-refractivity contribution in [2.24, 2.45) is 0 Å². The molecule has 0 spiro atoms. The first-order valence-corrected chi connectivity index (χ1v) is 6.72. The average molecular weight is 245 g/mol. The fourth-order valence-electron chi connectivity index (χ4n) is 1.95. The SMILES string of the molecule is CCN(CC)CCCNCc1cccc(C#N)c1. The van der Waals surface area contributed by atoms with Crippen molar-refractivity contribution in [2.45, 2.75) is 26.8 Å². The van der Waals surface area contributed by atoms with Gasteiger partial charge < -0.3 is 10.2 Å². The molecule has 0 heterocycles. The number of nitriles is 1. The van der Waals surface area contributed by atoms with Crippen molar-refractivity contribution in [2.75, 3.05) is 26.2 Å². The second-order valence-corrected chi connectivity index (χ2v) is 4.37. The Morgan fingerprint density at radius 2 is 2.06 bits per heavy atom. The van der Waals surface area contributed by atoms with Gasteiger partial charge in [0.1, 0.15) is 0 Å². The Balaban J connectivity index is 2.20. The van der Waals surface area contributed by atoms with Crippen LogP contribution in [-0.2, 0) is 6.54 Å². The van der Waals surface area contributed by atoms with E-state index in [1.807, 2.05) is 18.2 Å². The fourth-order valence-corrected chi connectivity index (χ4v) is 1.95. The van der Waals surface area contributed by atoms with E-state index in [0.717, 1.165) is 38.3 Å². The predicted molar refractivity (Wildman–Crippen MR) is 75.3 cm³/mol. The fraction of sp³-hybridized carbons (Fsp3) is 0.533. The van der Waals surface area contributed by atoms with Crippen LogP contribution in [0.15, 0.2) is 24.3 Å². The highest BCUT2D eigenvalue weighted by Gasteiger charge is 1.98. The molecule has 1 N–H and O–H groups in total. The van der Waals surface area contributed by atoms with Crippen LogP contribution in [0.1, 0.15) is 31.4 Å². The molecule has 1 aromatic carbocycles. The Labute approximate surface area is 110 Å². The highest BCUT2D eigenvalue weighted by molar-refractivity contribution is 5.32. The second-order valence-electron chi connectivity index (χ2n) is 4.37. The molecule has 98 valence electrons. The van der Waals surface area contributed by atoms with E-state index in [-0.39, 0.29) is 0 Å². The van der Waals surface area contributed by atoms with Gasteiger partial charge in [0.05, 0.1) is 11.6 Å². The zero-order chi connectivity index (χ0) is 13.2. The lowest BCUT2D eigenvalue weighted by Gasteiger charge is -2.17. The summed E-state index contributed by atoms with van der Waals surface area (Å²) in [6.07, 6.45) is 1.17. The Morgan fingerprint density at radius 1 is 1.28 bits per heavy atom. The number of nitrogens with one attached hydrogen (secondary N) is 1. The van der Waals surface area contributed by atoms with Crippen LogP contribution in [-0.4, -0.2) is 31.1 Å². The van der Waals surface area contributed by atoms with Gasteiger partial charge in [-0.2, -0.15) is 5.26 Å². The van der Waals surface area contributed by atoms with Crippen LogP contribution in [0.3, 0.4) is 0 Å². The topological polar surface area (TPSA) is 39.1 Å². The largest absolute Gasteiger partial charge is 0.313 e. The zero-order valence-corrected chi connectivity index (χ0v) is 11.4. The predicted octanol–water partition coefficient (Wildman–Crippen LogP) is 2.38. The highest BCUT2D eigenvalue weighted by atomic mass is 15.1. The van der Waals surface area contributed by atoms with E-state index < -0.39 is 0 Å². The minimum atomic E-state index is 0.734. The molecule has 18 heavy (non-hydrogen) atoms. The zero-order valence-electron chi connectivity index (χ0n) is 11.4. The van der Waals surface area contributed by atoms with Crippen LogP contribution in [0.25, 0.3) is 0 Å². The average Bonchev–Trinajstić information content (AvgIpc) is 2.43. The Bertz CT molecular complexity index is 378. The molecular weight excluding hydrogens is 222 g/mol. The van der Waals surface area contributed by atoms with Crippen molar-refractivity contribution in [1.29, 1.82) is 5.26 Å². The third kappa shape index (κ3) is 5.31. The van der Waals surface area contributed by atoms with Crippen LogP contribution in [0.4, 0.5) is 0 Å².